The molecular formula is C18H27FN2O3. The van der Waals surface area contributed by atoms with Gasteiger partial charge in [-0.15, -0.1) is 0 Å². The van der Waals surface area contributed by atoms with Gasteiger partial charge in [-0.3, -0.25) is 4.79 Å². The predicted molar refractivity (Wildman–Crippen MR) is 91.2 cm³/mol. The number of nitrogens with one attached hydrogen (secondary N) is 1. The molecule has 1 aromatic rings. The Hall–Kier alpha value is -1.66. The van der Waals surface area contributed by atoms with Crippen molar-refractivity contribution < 1.29 is 19.4 Å². The van der Waals surface area contributed by atoms with Crippen LogP contribution in [-0.2, 0) is 11.3 Å². The minimum absolute atomic E-state index is 0.0236. The van der Waals surface area contributed by atoms with Crippen LogP contribution in [-0.4, -0.2) is 41.4 Å². The van der Waals surface area contributed by atoms with E-state index >= 15 is 0 Å². The van der Waals surface area contributed by atoms with Crippen LogP contribution < -0.4 is 10.2 Å². The lowest BCUT2D eigenvalue weighted by atomic mass is 10.0. The van der Waals surface area contributed by atoms with Gasteiger partial charge in [-0.1, -0.05) is 19.9 Å². The van der Waals surface area contributed by atoms with E-state index < -0.39 is 6.10 Å². The Morgan fingerprint density at radius 2 is 2.04 bits per heavy atom. The van der Waals surface area contributed by atoms with E-state index in [9.17, 15) is 19.4 Å². The number of amides is 1. The molecule has 0 spiro atoms. The summed E-state index contributed by atoms with van der Waals surface area (Å²) >= 11 is 0. The summed E-state index contributed by atoms with van der Waals surface area (Å²) in [5.74, 6) is -0.540. The lowest BCUT2D eigenvalue weighted by Gasteiger charge is -2.31. The molecule has 0 aliphatic carbocycles. The molecule has 0 aromatic heterocycles. The quantitative estimate of drug-likeness (QED) is 0.740. The molecule has 1 heterocycles. The highest BCUT2D eigenvalue weighted by Gasteiger charge is 2.20. The number of nitrogens with zero attached hydrogens (tertiary/aromatic N) is 1. The van der Waals surface area contributed by atoms with E-state index in [0.29, 0.717) is 37.2 Å². The summed E-state index contributed by atoms with van der Waals surface area (Å²) in [5.41, 5.74) is 1.22. The fourth-order valence-electron chi connectivity index (χ4n) is 2.72. The Bertz CT molecular complexity index is 557. The zero-order chi connectivity index (χ0) is 17.7. The number of piperidine rings is 1. The second-order valence-corrected chi connectivity index (χ2v) is 6.80. The number of carbonyl (C=O) groups excluding carboxylic acids is 1. The second kappa shape index (κ2) is 8.44. The van der Waals surface area contributed by atoms with Gasteiger partial charge < -0.3 is 20.4 Å². The van der Waals surface area contributed by atoms with Gasteiger partial charge in [-0.2, -0.15) is 0 Å². The number of carbonyl (C=O) groups is 1. The van der Waals surface area contributed by atoms with Gasteiger partial charge >= 0.3 is 0 Å². The average molecular weight is 338 g/mol. The smallest absolute Gasteiger partial charge is 0.222 e. The number of anilines is 1. The Labute approximate surface area is 142 Å². The van der Waals surface area contributed by atoms with Crippen LogP contribution in [0.4, 0.5) is 10.1 Å². The fourth-order valence-corrected chi connectivity index (χ4v) is 2.72. The minimum Gasteiger partial charge on any atom is -0.393 e. The molecule has 1 fully saturated rings. The maximum absolute atomic E-state index is 14.3. The Morgan fingerprint density at radius 1 is 1.38 bits per heavy atom. The van der Waals surface area contributed by atoms with E-state index in [1.807, 2.05) is 18.7 Å². The van der Waals surface area contributed by atoms with Crippen LogP contribution in [0.3, 0.4) is 0 Å². The van der Waals surface area contributed by atoms with Crippen molar-refractivity contribution in [2.24, 2.45) is 5.92 Å². The third kappa shape index (κ3) is 5.18. The Balaban J connectivity index is 1.89. The molecule has 6 heteroatoms. The summed E-state index contributed by atoms with van der Waals surface area (Å²) in [7, 11) is 0. The zero-order valence-corrected chi connectivity index (χ0v) is 14.3. The van der Waals surface area contributed by atoms with Gasteiger partial charge in [0, 0.05) is 19.6 Å². The summed E-state index contributed by atoms with van der Waals surface area (Å²) in [6.07, 6.45) is 0.387. The molecule has 0 saturated carbocycles. The van der Waals surface area contributed by atoms with E-state index in [-0.39, 0.29) is 36.7 Å². The van der Waals surface area contributed by atoms with E-state index in [0.717, 1.165) is 0 Å². The standard InChI is InChI=1S/C18H27FN2O3/c1-12(2)17(23)10-18(24)20-11-13-3-4-16(15(19)9-13)21-7-5-14(22)6-8-21/h3-4,9,12,14,17,22-23H,5-8,10-11H2,1-2H3,(H,20,24). The number of aliphatic hydroxyl groups is 2. The lowest BCUT2D eigenvalue weighted by Crippen LogP contribution is -2.36. The molecule has 1 aliphatic heterocycles. The van der Waals surface area contributed by atoms with Crippen molar-refractivity contribution in [1.82, 2.24) is 5.32 Å². The van der Waals surface area contributed by atoms with E-state index in [4.69, 9.17) is 0 Å². The predicted octanol–water partition coefficient (Wildman–Crippen LogP) is 1.81. The van der Waals surface area contributed by atoms with Crippen molar-refractivity contribution in [3.05, 3.63) is 29.6 Å². The topological polar surface area (TPSA) is 72.8 Å². The number of aliphatic hydroxyl groups excluding tert-OH is 2. The number of rotatable bonds is 6. The van der Waals surface area contributed by atoms with Crippen molar-refractivity contribution in [2.45, 2.75) is 51.9 Å². The third-order valence-electron chi connectivity index (χ3n) is 4.47. The highest BCUT2D eigenvalue weighted by Crippen LogP contribution is 2.24. The van der Waals surface area contributed by atoms with Gasteiger partial charge in [0.2, 0.25) is 5.91 Å². The zero-order valence-electron chi connectivity index (χ0n) is 14.3. The number of halogens is 1. The number of benzene rings is 1. The minimum atomic E-state index is -0.668. The second-order valence-electron chi connectivity index (χ2n) is 6.80. The number of hydrogen-bond acceptors (Lipinski definition) is 4. The van der Waals surface area contributed by atoms with Crippen molar-refractivity contribution in [1.29, 1.82) is 0 Å². The largest absolute Gasteiger partial charge is 0.393 e. The molecule has 3 N–H and O–H groups in total. The average Bonchev–Trinajstić information content (AvgIpc) is 2.54. The van der Waals surface area contributed by atoms with E-state index in [2.05, 4.69) is 5.32 Å². The first kappa shape index (κ1) is 18.7. The van der Waals surface area contributed by atoms with Crippen molar-refractivity contribution in [3.8, 4) is 0 Å². The van der Waals surface area contributed by atoms with Crippen LogP contribution in [0.2, 0.25) is 0 Å². The first-order chi connectivity index (χ1) is 11.4. The lowest BCUT2D eigenvalue weighted by molar-refractivity contribution is -0.123. The molecule has 1 unspecified atom stereocenters. The van der Waals surface area contributed by atoms with Crippen LogP contribution in [0.5, 0.6) is 0 Å². The van der Waals surface area contributed by atoms with Crippen molar-refractivity contribution >= 4 is 11.6 Å². The molecule has 1 amide bonds. The van der Waals surface area contributed by atoms with Crippen LogP contribution in [0.15, 0.2) is 18.2 Å². The Kier molecular flexibility index (Phi) is 6.57. The van der Waals surface area contributed by atoms with Crippen LogP contribution >= 0.6 is 0 Å². The molecule has 2 rings (SSSR count). The molecule has 0 bridgehead atoms. The van der Waals surface area contributed by atoms with Gasteiger partial charge in [-0.25, -0.2) is 4.39 Å². The molecule has 1 aliphatic rings. The highest BCUT2D eigenvalue weighted by molar-refractivity contribution is 5.76. The monoisotopic (exact) mass is 338 g/mol. The third-order valence-corrected chi connectivity index (χ3v) is 4.47. The molecule has 1 atom stereocenters. The Morgan fingerprint density at radius 3 is 2.62 bits per heavy atom. The fraction of sp³-hybridized carbons (Fsp3) is 0.611. The maximum atomic E-state index is 14.3. The van der Waals surface area contributed by atoms with Crippen molar-refractivity contribution in [3.63, 3.8) is 0 Å². The van der Waals surface area contributed by atoms with E-state index in [1.54, 1.807) is 12.1 Å². The first-order valence-corrected chi connectivity index (χ1v) is 8.53. The van der Waals surface area contributed by atoms with Gasteiger partial charge in [0.1, 0.15) is 5.82 Å². The summed E-state index contributed by atoms with van der Waals surface area (Å²) in [4.78, 5) is 13.7. The highest BCUT2D eigenvalue weighted by atomic mass is 19.1. The van der Waals surface area contributed by atoms with Gasteiger partial charge in [0.25, 0.3) is 0 Å². The van der Waals surface area contributed by atoms with Crippen LogP contribution in [0.1, 0.15) is 38.7 Å². The summed E-state index contributed by atoms with van der Waals surface area (Å²) < 4.78 is 14.3. The van der Waals surface area contributed by atoms with Gasteiger partial charge in [0.15, 0.2) is 0 Å². The molecule has 24 heavy (non-hydrogen) atoms. The normalized spacial score (nSPS) is 17.2. The number of hydrogen-bond donors (Lipinski definition) is 3. The van der Waals surface area contributed by atoms with Gasteiger partial charge in [-0.05, 0) is 36.5 Å². The van der Waals surface area contributed by atoms with Crippen LogP contribution in [0, 0.1) is 11.7 Å². The summed E-state index contributed by atoms with van der Waals surface area (Å²) in [6.45, 7) is 5.22. The van der Waals surface area contributed by atoms with Crippen LogP contribution in [0.25, 0.3) is 0 Å². The summed E-state index contributed by atoms with van der Waals surface area (Å²) in [6, 6.07) is 4.94. The molecule has 0 radical (unpaired) electrons. The van der Waals surface area contributed by atoms with Crippen molar-refractivity contribution in [2.75, 3.05) is 18.0 Å². The molecular weight excluding hydrogens is 311 g/mol. The SMILES string of the molecule is CC(C)C(O)CC(=O)NCc1ccc(N2CCC(O)CC2)c(F)c1. The van der Waals surface area contributed by atoms with E-state index in [1.165, 1.54) is 6.07 Å². The molecule has 5 nitrogen and oxygen atoms in total. The molecule has 1 aromatic carbocycles. The molecule has 134 valence electrons. The molecule has 1 saturated heterocycles. The van der Waals surface area contributed by atoms with Gasteiger partial charge in [0.05, 0.1) is 24.3 Å². The first-order valence-electron chi connectivity index (χ1n) is 8.53. The maximum Gasteiger partial charge on any atom is 0.222 e. The summed E-state index contributed by atoms with van der Waals surface area (Å²) in [5, 5.41) is 21.9.